The second-order valence-electron chi connectivity index (χ2n) is 7.31. The van der Waals surface area contributed by atoms with Crippen molar-refractivity contribution in [1.82, 2.24) is 14.5 Å². The number of aromatic hydroxyl groups is 1. The van der Waals surface area contributed by atoms with Crippen LogP contribution in [0.2, 0.25) is 0 Å². The number of benzene rings is 1. The molecule has 172 valence electrons. The highest BCUT2D eigenvalue weighted by Crippen LogP contribution is 2.47. The van der Waals surface area contributed by atoms with Crippen molar-refractivity contribution in [2.75, 3.05) is 13.2 Å². The molecule has 0 aliphatic heterocycles. The molecule has 0 spiro atoms. The van der Waals surface area contributed by atoms with Gasteiger partial charge in [0.2, 0.25) is 0 Å². The predicted molar refractivity (Wildman–Crippen MR) is 126 cm³/mol. The normalized spacial score (nSPS) is 11.2. The first kappa shape index (κ1) is 22.4. The van der Waals surface area contributed by atoms with Crippen LogP contribution < -0.4 is 16.0 Å². The molecule has 0 unspecified atom stereocenters. The standard InChI is InChI=1S/C23H23N3O6S/c1-5-31-13-9-7-12(8-10-13)17-15(16-20(24-17)26(4)23(30)25-21(16)28)19-18(27)14(11(3)33-19)22(29)32-6-2/h7-10,24,27H,5-6H2,1-4H3,(H,25,28,30). The van der Waals surface area contributed by atoms with Gasteiger partial charge in [0.15, 0.2) is 0 Å². The highest BCUT2D eigenvalue weighted by molar-refractivity contribution is 7.16. The van der Waals surface area contributed by atoms with E-state index in [0.717, 1.165) is 0 Å². The second-order valence-corrected chi connectivity index (χ2v) is 8.53. The number of carbonyl (C=O) groups is 1. The van der Waals surface area contributed by atoms with Gasteiger partial charge in [-0.2, -0.15) is 0 Å². The van der Waals surface area contributed by atoms with E-state index in [-0.39, 0.29) is 23.3 Å². The zero-order valence-electron chi connectivity index (χ0n) is 18.6. The lowest BCUT2D eigenvalue weighted by molar-refractivity contribution is 0.0523. The van der Waals surface area contributed by atoms with Crippen molar-refractivity contribution in [2.24, 2.45) is 7.05 Å². The Hall–Kier alpha value is -3.79. The third kappa shape index (κ3) is 3.72. The van der Waals surface area contributed by atoms with Gasteiger partial charge >= 0.3 is 11.7 Å². The molecule has 0 radical (unpaired) electrons. The molecule has 0 saturated heterocycles. The summed E-state index contributed by atoms with van der Waals surface area (Å²) in [6.45, 7) is 5.95. The van der Waals surface area contributed by atoms with Crippen LogP contribution in [0.4, 0.5) is 0 Å². The van der Waals surface area contributed by atoms with Gasteiger partial charge in [0.25, 0.3) is 5.56 Å². The van der Waals surface area contributed by atoms with Gasteiger partial charge in [0, 0.05) is 17.5 Å². The maximum Gasteiger partial charge on any atom is 0.343 e. The lowest BCUT2D eigenvalue weighted by Gasteiger charge is -2.07. The van der Waals surface area contributed by atoms with Crippen LogP contribution in [0.1, 0.15) is 29.1 Å². The molecule has 3 N–H and O–H groups in total. The average Bonchev–Trinajstić information content (AvgIpc) is 3.31. The summed E-state index contributed by atoms with van der Waals surface area (Å²) in [5.41, 5.74) is 0.811. The minimum Gasteiger partial charge on any atom is -0.505 e. The maximum atomic E-state index is 12.9. The van der Waals surface area contributed by atoms with E-state index in [1.165, 1.54) is 23.0 Å². The number of aromatic nitrogens is 3. The first-order valence-corrected chi connectivity index (χ1v) is 11.2. The molecule has 33 heavy (non-hydrogen) atoms. The highest BCUT2D eigenvalue weighted by Gasteiger charge is 2.29. The zero-order chi connectivity index (χ0) is 23.9. The SMILES string of the molecule is CCOC(=O)c1c(C)sc(-c2c(-c3ccc(OCC)cc3)[nH]c3c2c(=O)[nH]c(=O)n3C)c1O. The van der Waals surface area contributed by atoms with Crippen molar-refractivity contribution in [3.05, 3.63) is 55.5 Å². The number of rotatable bonds is 6. The molecule has 4 aromatic rings. The van der Waals surface area contributed by atoms with Gasteiger partial charge in [0.1, 0.15) is 22.7 Å². The van der Waals surface area contributed by atoms with Crippen LogP contribution in [0.15, 0.2) is 33.9 Å². The van der Waals surface area contributed by atoms with Gasteiger partial charge in [-0.3, -0.25) is 14.3 Å². The number of aromatic amines is 2. The molecule has 0 amide bonds. The van der Waals surface area contributed by atoms with Crippen LogP contribution in [0.25, 0.3) is 32.7 Å². The molecule has 9 nitrogen and oxygen atoms in total. The van der Waals surface area contributed by atoms with Gasteiger partial charge in [-0.1, -0.05) is 0 Å². The van der Waals surface area contributed by atoms with Gasteiger partial charge in [0.05, 0.1) is 29.2 Å². The lowest BCUT2D eigenvalue weighted by atomic mass is 10.0. The fraction of sp³-hybridized carbons (Fsp3) is 0.261. The fourth-order valence-electron chi connectivity index (χ4n) is 3.78. The van der Waals surface area contributed by atoms with Crippen molar-refractivity contribution < 1.29 is 19.4 Å². The number of H-pyrrole nitrogens is 2. The number of ether oxygens (including phenoxy) is 2. The largest absolute Gasteiger partial charge is 0.505 e. The summed E-state index contributed by atoms with van der Waals surface area (Å²) in [5.74, 6) is -0.223. The molecule has 10 heteroatoms. The van der Waals surface area contributed by atoms with E-state index >= 15 is 0 Å². The molecule has 0 aliphatic carbocycles. The summed E-state index contributed by atoms with van der Waals surface area (Å²) in [5, 5.41) is 11.2. The Morgan fingerprint density at radius 3 is 2.45 bits per heavy atom. The molecule has 0 aliphatic rings. The quantitative estimate of drug-likeness (QED) is 0.371. The summed E-state index contributed by atoms with van der Waals surface area (Å²) in [6, 6.07) is 7.21. The number of nitrogens with one attached hydrogen (secondary N) is 2. The topological polar surface area (TPSA) is 126 Å². The fourth-order valence-corrected chi connectivity index (χ4v) is 4.87. The number of hydrogen-bond donors (Lipinski definition) is 3. The Morgan fingerprint density at radius 2 is 1.82 bits per heavy atom. The molecular formula is C23H23N3O6S. The summed E-state index contributed by atoms with van der Waals surface area (Å²) < 4.78 is 11.9. The van der Waals surface area contributed by atoms with Crippen LogP contribution in [0, 0.1) is 6.92 Å². The van der Waals surface area contributed by atoms with Crippen LogP contribution in [-0.4, -0.2) is 38.8 Å². The zero-order valence-corrected chi connectivity index (χ0v) is 19.4. The van der Waals surface area contributed by atoms with Crippen molar-refractivity contribution in [3.63, 3.8) is 0 Å². The molecule has 1 aromatic carbocycles. The molecule has 0 bridgehead atoms. The van der Waals surface area contributed by atoms with Crippen LogP contribution in [0.5, 0.6) is 11.5 Å². The van der Waals surface area contributed by atoms with E-state index in [0.29, 0.717) is 44.6 Å². The van der Waals surface area contributed by atoms with Gasteiger partial charge in [-0.05, 0) is 50.6 Å². The average molecular weight is 470 g/mol. The number of esters is 1. The third-order valence-corrected chi connectivity index (χ3v) is 6.40. The summed E-state index contributed by atoms with van der Waals surface area (Å²) in [6.07, 6.45) is 0. The summed E-state index contributed by atoms with van der Waals surface area (Å²) in [7, 11) is 1.53. The Labute approximate surface area is 192 Å². The van der Waals surface area contributed by atoms with Crippen molar-refractivity contribution in [3.8, 4) is 33.2 Å². The van der Waals surface area contributed by atoms with Gasteiger partial charge in [-0.15, -0.1) is 11.3 Å². The molecule has 0 atom stereocenters. The lowest BCUT2D eigenvalue weighted by Crippen LogP contribution is -2.28. The van der Waals surface area contributed by atoms with Gasteiger partial charge < -0.3 is 19.6 Å². The minimum atomic E-state index is -0.640. The molecule has 0 saturated carbocycles. The number of fused-ring (bicyclic) bond motifs is 1. The Morgan fingerprint density at radius 1 is 1.12 bits per heavy atom. The number of carbonyl (C=O) groups excluding carboxylic acids is 1. The van der Waals surface area contributed by atoms with Crippen molar-refractivity contribution >= 4 is 28.3 Å². The molecule has 3 heterocycles. The van der Waals surface area contributed by atoms with Crippen molar-refractivity contribution in [1.29, 1.82) is 0 Å². The maximum absolute atomic E-state index is 12.9. The van der Waals surface area contributed by atoms with Gasteiger partial charge in [-0.25, -0.2) is 9.59 Å². The third-order valence-electron chi connectivity index (χ3n) is 5.29. The first-order valence-electron chi connectivity index (χ1n) is 10.4. The molecular weight excluding hydrogens is 446 g/mol. The number of nitrogens with zero attached hydrogens (tertiary/aromatic N) is 1. The van der Waals surface area contributed by atoms with E-state index in [1.54, 1.807) is 26.0 Å². The first-order chi connectivity index (χ1) is 15.8. The van der Waals surface area contributed by atoms with E-state index in [4.69, 9.17) is 9.47 Å². The monoisotopic (exact) mass is 469 g/mol. The van der Waals surface area contributed by atoms with Crippen LogP contribution in [-0.2, 0) is 11.8 Å². The second kappa shape index (κ2) is 8.62. The minimum absolute atomic E-state index is 0.0603. The van der Waals surface area contributed by atoms with Crippen LogP contribution >= 0.6 is 11.3 Å². The van der Waals surface area contributed by atoms with Crippen molar-refractivity contribution in [2.45, 2.75) is 20.8 Å². The summed E-state index contributed by atoms with van der Waals surface area (Å²) in [4.78, 5) is 43.9. The molecule has 0 fully saturated rings. The van der Waals surface area contributed by atoms with E-state index in [1.807, 2.05) is 19.1 Å². The smallest absolute Gasteiger partial charge is 0.343 e. The number of aryl methyl sites for hydroxylation is 2. The van der Waals surface area contributed by atoms with E-state index in [9.17, 15) is 19.5 Å². The van der Waals surface area contributed by atoms with Crippen LogP contribution in [0.3, 0.4) is 0 Å². The Balaban J connectivity index is 2.06. The molecule has 4 rings (SSSR count). The Bertz CT molecular complexity index is 1470. The predicted octanol–water partition coefficient (Wildman–Crippen LogP) is 3.54. The molecule has 3 aromatic heterocycles. The number of thiophene rings is 1. The van der Waals surface area contributed by atoms with E-state index in [2.05, 4.69) is 9.97 Å². The number of hydrogen-bond acceptors (Lipinski definition) is 7. The highest BCUT2D eigenvalue weighted by atomic mass is 32.1. The van der Waals surface area contributed by atoms with E-state index < -0.39 is 17.2 Å². The Kier molecular flexibility index (Phi) is 5.86. The summed E-state index contributed by atoms with van der Waals surface area (Å²) >= 11 is 1.17.